The van der Waals surface area contributed by atoms with Crippen LogP contribution in [-0.4, -0.2) is 18.3 Å². The largest absolute Gasteiger partial charge is 0.494 e. The Morgan fingerprint density at radius 1 is 1.38 bits per heavy atom. The number of rotatable bonds is 7. The topological polar surface area (TPSA) is 26.3 Å². The molecule has 0 bridgehead atoms. The van der Waals surface area contributed by atoms with Crippen LogP contribution < -0.4 is 4.74 Å². The summed E-state index contributed by atoms with van der Waals surface area (Å²) in [7, 11) is 0. The molecular formula is C13H17ClO2. The van der Waals surface area contributed by atoms with Gasteiger partial charge in [-0.05, 0) is 25.0 Å². The molecule has 1 aromatic rings. The van der Waals surface area contributed by atoms with Gasteiger partial charge >= 0.3 is 0 Å². The Morgan fingerprint density at radius 3 is 2.88 bits per heavy atom. The number of hydrogen-bond donors (Lipinski definition) is 0. The summed E-state index contributed by atoms with van der Waals surface area (Å²) in [5.41, 5.74) is 0.720. The third-order valence-electron chi connectivity index (χ3n) is 2.27. The van der Waals surface area contributed by atoms with Crippen molar-refractivity contribution in [1.82, 2.24) is 0 Å². The van der Waals surface area contributed by atoms with Gasteiger partial charge in [0.1, 0.15) is 5.75 Å². The number of carbonyl (C=O) groups is 1. The lowest BCUT2D eigenvalue weighted by Gasteiger charge is -2.06. The molecule has 0 aromatic heterocycles. The minimum Gasteiger partial charge on any atom is -0.494 e. The van der Waals surface area contributed by atoms with Crippen LogP contribution in [0, 0.1) is 0 Å². The van der Waals surface area contributed by atoms with E-state index in [1.54, 1.807) is 6.07 Å². The van der Waals surface area contributed by atoms with Gasteiger partial charge in [0.25, 0.3) is 0 Å². The van der Waals surface area contributed by atoms with E-state index in [9.17, 15) is 4.79 Å². The van der Waals surface area contributed by atoms with Gasteiger partial charge in [0.15, 0.2) is 5.78 Å². The Kier molecular flexibility index (Phi) is 5.94. The lowest BCUT2D eigenvalue weighted by atomic mass is 10.1. The summed E-state index contributed by atoms with van der Waals surface area (Å²) in [6, 6.07) is 7.33. The van der Waals surface area contributed by atoms with E-state index in [1.807, 2.05) is 25.1 Å². The third kappa shape index (κ3) is 4.23. The number of hydrogen-bond acceptors (Lipinski definition) is 2. The van der Waals surface area contributed by atoms with E-state index in [1.165, 1.54) is 0 Å². The highest BCUT2D eigenvalue weighted by atomic mass is 35.5. The number of carbonyl (C=O) groups excluding carboxylic acids is 1. The van der Waals surface area contributed by atoms with Crippen LogP contribution in [0.4, 0.5) is 0 Å². The highest BCUT2D eigenvalue weighted by molar-refractivity contribution is 6.17. The lowest BCUT2D eigenvalue weighted by molar-refractivity contribution is 0.0987. The zero-order valence-corrected chi connectivity index (χ0v) is 10.3. The fourth-order valence-electron chi connectivity index (χ4n) is 1.35. The van der Waals surface area contributed by atoms with Crippen LogP contribution in [-0.2, 0) is 0 Å². The molecule has 0 aliphatic rings. The van der Waals surface area contributed by atoms with Gasteiger partial charge < -0.3 is 4.74 Å². The second kappa shape index (κ2) is 7.29. The van der Waals surface area contributed by atoms with Gasteiger partial charge in [0.2, 0.25) is 0 Å². The summed E-state index contributed by atoms with van der Waals surface area (Å²) in [5, 5.41) is 0. The predicted molar refractivity (Wildman–Crippen MR) is 66.5 cm³/mol. The summed E-state index contributed by atoms with van der Waals surface area (Å²) < 4.78 is 5.53. The maximum absolute atomic E-state index is 11.5. The van der Waals surface area contributed by atoms with Crippen molar-refractivity contribution in [2.75, 3.05) is 12.5 Å². The van der Waals surface area contributed by atoms with Crippen LogP contribution in [0.5, 0.6) is 5.75 Å². The average Bonchev–Trinajstić information content (AvgIpc) is 2.34. The Hall–Kier alpha value is -1.02. The van der Waals surface area contributed by atoms with Gasteiger partial charge in [0.05, 0.1) is 6.61 Å². The highest BCUT2D eigenvalue weighted by Gasteiger charge is 2.03. The van der Waals surface area contributed by atoms with Crippen LogP contribution >= 0.6 is 11.6 Å². The summed E-state index contributed by atoms with van der Waals surface area (Å²) >= 11 is 5.57. The Morgan fingerprint density at radius 2 is 2.19 bits per heavy atom. The van der Waals surface area contributed by atoms with E-state index in [0.29, 0.717) is 18.9 Å². The first-order chi connectivity index (χ1) is 7.77. The second-order valence-corrected chi connectivity index (χ2v) is 3.93. The normalized spacial score (nSPS) is 10.1. The Bertz CT molecular complexity index is 336. The van der Waals surface area contributed by atoms with Gasteiger partial charge in [-0.3, -0.25) is 4.79 Å². The number of alkyl halides is 1. The minimum absolute atomic E-state index is 0.145. The van der Waals surface area contributed by atoms with Crippen molar-refractivity contribution in [2.24, 2.45) is 0 Å². The maximum atomic E-state index is 11.5. The predicted octanol–water partition coefficient (Wildman–Crippen LogP) is 3.68. The standard InChI is InChI=1S/C13H17ClO2/c1-2-13(15)11-6-5-7-12(10-11)16-9-4-3-8-14/h5-7,10H,2-4,8-9H2,1H3. The Labute approximate surface area is 102 Å². The molecule has 0 saturated carbocycles. The number of halogens is 1. The molecule has 0 saturated heterocycles. The first kappa shape index (κ1) is 13.0. The van der Waals surface area contributed by atoms with Crippen LogP contribution in [0.25, 0.3) is 0 Å². The molecule has 0 unspecified atom stereocenters. The van der Waals surface area contributed by atoms with E-state index in [-0.39, 0.29) is 5.78 Å². The van der Waals surface area contributed by atoms with Crippen molar-refractivity contribution in [2.45, 2.75) is 26.2 Å². The molecule has 0 aliphatic carbocycles. The van der Waals surface area contributed by atoms with Crippen LogP contribution in [0.1, 0.15) is 36.5 Å². The van der Waals surface area contributed by atoms with Crippen molar-refractivity contribution in [3.05, 3.63) is 29.8 Å². The van der Waals surface area contributed by atoms with Crippen molar-refractivity contribution >= 4 is 17.4 Å². The van der Waals surface area contributed by atoms with Crippen molar-refractivity contribution in [3.8, 4) is 5.75 Å². The SMILES string of the molecule is CCC(=O)c1cccc(OCCCCCl)c1. The number of ether oxygens (including phenoxy) is 1. The molecule has 88 valence electrons. The fourth-order valence-corrected chi connectivity index (χ4v) is 1.54. The van der Waals surface area contributed by atoms with Crippen LogP contribution in [0.15, 0.2) is 24.3 Å². The lowest BCUT2D eigenvalue weighted by Crippen LogP contribution is -2.00. The zero-order valence-electron chi connectivity index (χ0n) is 9.54. The molecule has 16 heavy (non-hydrogen) atoms. The molecule has 1 rings (SSSR count). The fraction of sp³-hybridized carbons (Fsp3) is 0.462. The number of benzene rings is 1. The molecule has 0 radical (unpaired) electrons. The summed E-state index contributed by atoms with van der Waals surface area (Å²) in [6.07, 6.45) is 2.42. The molecule has 0 amide bonds. The monoisotopic (exact) mass is 240 g/mol. The molecule has 0 N–H and O–H groups in total. The average molecular weight is 241 g/mol. The van der Waals surface area contributed by atoms with Crippen molar-refractivity contribution < 1.29 is 9.53 Å². The van der Waals surface area contributed by atoms with E-state index in [4.69, 9.17) is 16.3 Å². The molecule has 0 aliphatic heterocycles. The molecule has 2 nitrogen and oxygen atoms in total. The summed E-state index contributed by atoms with van der Waals surface area (Å²) in [6.45, 7) is 2.51. The first-order valence-corrected chi connectivity index (χ1v) is 6.13. The smallest absolute Gasteiger partial charge is 0.162 e. The second-order valence-electron chi connectivity index (χ2n) is 3.55. The number of ketones is 1. The summed E-state index contributed by atoms with van der Waals surface area (Å²) in [5.74, 6) is 1.57. The van der Waals surface area contributed by atoms with Gasteiger partial charge in [-0.1, -0.05) is 19.1 Å². The quantitative estimate of drug-likeness (QED) is 0.413. The number of unbranched alkanes of at least 4 members (excludes halogenated alkanes) is 1. The highest BCUT2D eigenvalue weighted by Crippen LogP contribution is 2.15. The van der Waals surface area contributed by atoms with E-state index < -0.39 is 0 Å². The van der Waals surface area contributed by atoms with Gasteiger partial charge in [-0.2, -0.15) is 0 Å². The van der Waals surface area contributed by atoms with Crippen molar-refractivity contribution in [3.63, 3.8) is 0 Å². The maximum Gasteiger partial charge on any atom is 0.162 e. The minimum atomic E-state index is 0.145. The third-order valence-corrected chi connectivity index (χ3v) is 2.54. The molecular weight excluding hydrogens is 224 g/mol. The summed E-state index contributed by atoms with van der Waals surface area (Å²) in [4.78, 5) is 11.5. The molecule has 1 aromatic carbocycles. The molecule has 0 atom stereocenters. The van der Waals surface area contributed by atoms with Crippen molar-refractivity contribution in [1.29, 1.82) is 0 Å². The Balaban J connectivity index is 2.50. The molecule has 3 heteroatoms. The van der Waals surface area contributed by atoms with Gasteiger partial charge in [-0.25, -0.2) is 0 Å². The molecule has 0 spiro atoms. The van der Waals surface area contributed by atoms with Crippen LogP contribution in [0.2, 0.25) is 0 Å². The molecule has 0 fully saturated rings. The van der Waals surface area contributed by atoms with E-state index >= 15 is 0 Å². The first-order valence-electron chi connectivity index (χ1n) is 5.60. The molecule has 0 heterocycles. The number of Topliss-reactive ketones (excluding diaryl/α,β-unsaturated/α-hetero) is 1. The van der Waals surface area contributed by atoms with Gasteiger partial charge in [0, 0.05) is 17.9 Å². The van der Waals surface area contributed by atoms with E-state index in [2.05, 4.69) is 0 Å². The van der Waals surface area contributed by atoms with Crippen LogP contribution in [0.3, 0.4) is 0 Å². The van der Waals surface area contributed by atoms with Gasteiger partial charge in [-0.15, -0.1) is 11.6 Å². The van der Waals surface area contributed by atoms with E-state index in [0.717, 1.165) is 24.2 Å². The zero-order chi connectivity index (χ0) is 11.8.